The van der Waals surface area contributed by atoms with Crippen LogP contribution in [0, 0.1) is 6.92 Å². The summed E-state index contributed by atoms with van der Waals surface area (Å²) in [5, 5.41) is 2.98. The maximum absolute atomic E-state index is 14.3. The molecule has 1 atom stereocenters. The summed E-state index contributed by atoms with van der Waals surface area (Å²) in [5.74, 6) is -0.232. The summed E-state index contributed by atoms with van der Waals surface area (Å²) in [7, 11) is -1.36. The number of carbonyl (C=O) groups is 2. The minimum absolute atomic E-state index is 0.00502. The maximum Gasteiger partial charge on any atom is 0.264 e. The SMILES string of the molecule is CC[C@@H](C(=O)NC(C)(C)C)N(Cc1cccc(C)c1)C(=O)CN(c1cc(OC)ccc1OC)S(=O)(=O)c1ccccc1. The molecule has 226 valence electrons. The zero-order chi connectivity index (χ0) is 31.1. The predicted octanol–water partition coefficient (Wildman–Crippen LogP) is 4.93. The average Bonchev–Trinajstić information content (AvgIpc) is 2.94. The Bertz CT molecular complexity index is 1490. The summed E-state index contributed by atoms with van der Waals surface area (Å²) >= 11 is 0. The van der Waals surface area contributed by atoms with Crippen LogP contribution < -0.4 is 19.1 Å². The number of sulfonamides is 1. The van der Waals surface area contributed by atoms with Crippen LogP contribution in [-0.4, -0.2) is 57.5 Å². The van der Waals surface area contributed by atoms with Gasteiger partial charge >= 0.3 is 0 Å². The molecule has 0 aromatic heterocycles. The number of rotatable bonds is 12. The molecule has 0 saturated carbocycles. The highest BCUT2D eigenvalue weighted by atomic mass is 32.2. The fourth-order valence-corrected chi connectivity index (χ4v) is 6.04. The van der Waals surface area contributed by atoms with Gasteiger partial charge in [0.2, 0.25) is 11.8 Å². The monoisotopic (exact) mass is 595 g/mol. The standard InChI is InChI=1S/C32H41N3O6S/c1-8-27(31(37)33-32(3,4)5)34(21-24-14-12-13-23(2)19-24)30(36)22-35(42(38,39)26-15-10-9-11-16-26)28-20-25(40-6)17-18-29(28)41-7/h9-20,27H,8,21-22H2,1-7H3,(H,33,37)/t27-/m0/s1. The summed E-state index contributed by atoms with van der Waals surface area (Å²) in [4.78, 5) is 29.2. The molecule has 0 unspecified atom stereocenters. The van der Waals surface area contributed by atoms with Gasteiger partial charge in [0, 0.05) is 18.2 Å². The smallest absolute Gasteiger partial charge is 0.264 e. The Morgan fingerprint density at radius 2 is 1.62 bits per heavy atom. The Morgan fingerprint density at radius 3 is 2.19 bits per heavy atom. The lowest BCUT2D eigenvalue weighted by Crippen LogP contribution is -2.55. The summed E-state index contributed by atoms with van der Waals surface area (Å²) in [6, 6.07) is 19.4. The maximum atomic E-state index is 14.3. The Balaban J connectivity index is 2.15. The first-order valence-electron chi connectivity index (χ1n) is 13.8. The number of benzene rings is 3. The lowest BCUT2D eigenvalue weighted by atomic mass is 10.0. The number of hydrogen-bond donors (Lipinski definition) is 1. The van der Waals surface area contributed by atoms with Crippen molar-refractivity contribution in [2.75, 3.05) is 25.1 Å². The highest BCUT2D eigenvalue weighted by Crippen LogP contribution is 2.36. The number of anilines is 1. The second-order valence-electron chi connectivity index (χ2n) is 11.0. The van der Waals surface area contributed by atoms with Crippen LogP contribution in [0.15, 0.2) is 77.7 Å². The third-order valence-electron chi connectivity index (χ3n) is 6.58. The van der Waals surface area contributed by atoms with E-state index in [0.29, 0.717) is 12.2 Å². The molecule has 0 fully saturated rings. The third kappa shape index (κ3) is 8.03. The van der Waals surface area contributed by atoms with Crippen molar-refractivity contribution in [3.63, 3.8) is 0 Å². The Kier molecular flexibility index (Phi) is 10.6. The molecule has 3 rings (SSSR count). The summed E-state index contributed by atoms with van der Waals surface area (Å²) < 4.78 is 40.1. The van der Waals surface area contributed by atoms with Gasteiger partial charge in [0.15, 0.2) is 0 Å². The Morgan fingerprint density at radius 1 is 0.929 bits per heavy atom. The molecule has 0 spiro atoms. The molecule has 42 heavy (non-hydrogen) atoms. The zero-order valence-corrected chi connectivity index (χ0v) is 26.2. The summed E-state index contributed by atoms with van der Waals surface area (Å²) in [5.41, 5.74) is 1.43. The number of amides is 2. The number of methoxy groups -OCH3 is 2. The van der Waals surface area contributed by atoms with Crippen LogP contribution in [0.1, 0.15) is 45.2 Å². The van der Waals surface area contributed by atoms with Crippen LogP contribution in [0.25, 0.3) is 0 Å². The minimum atomic E-state index is -4.25. The first kappa shape index (κ1) is 32.5. The van der Waals surface area contributed by atoms with Gasteiger partial charge in [0.05, 0.1) is 24.8 Å². The molecule has 0 aliphatic heterocycles. The van der Waals surface area contributed by atoms with Gasteiger partial charge in [0.1, 0.15) is 24.1 Å². The van der Waals surface area contributed by atoms with Gasteiger partial charge in [-0.3, -0.25) is 13.9 Å². The van der Waals surface area contributed by atoms with Crippen LogP contribution in [-0.2, 0) is 26.2 Å². The lowest BCUT2D eigenvalue weighted by Gasteiger charge is -2.35. The van der Waals surface area contributed by atoms with Crippen molar-refractivity contribution >= 4 is 27.5 Å². The molecule has 10 heteroatoms. The first-order valence-corrected chi connectivity index (χ1v) is 15.2. The normalized spacial score (nSPS) is 12.3. The van der Waals surface area contributed by atoms with Crippen LogP contribution in [0.4, 0.5) is 5.69 Å². The van der Waals surface area contributed by atoms with E-state index in [2.05, 4.69) is 5.32 Å². The fourth-order valence-electron chi connectivity index (χ4n) is 4.60. The Labute approximate surface area is 249 Å². The van der Waals surface area contributed by atoms with E-state index < -0.39 is 34.1 Å². The van der Waals surface area contributed by atoms with E-state index in [1.807, 2.05) is 58.9 Å². The Hall–Kier alpha value is -4.05. The molecule has 0 heterocycles. The molecule has 3 aromatic carbocycles. The predicted molar refractivity (Wildman–Crippen MR) is 164 cm³/mol. The molecule has 9 nitrogen and oxygen atoms in total. The van der Waals surface area contributed by atoms with Gasteiger partial charge in [-0.25, -0.2) is 8.42 Å². The topological polar surface area (TPSA) is 105 Å². The van der Waals surface area contributed by atoms with Gasteiger partial charge in [-0.15, -0.1) is 0 Å². The summed E-state index contributed by atoms with van der Waals surface area (Å²) in [6.45, 7) is 8.92. The van der Waals surface area contributed by atoms with E-state index in [1.54, 1.807) is 30.3 Å². The van der Waals surface area contributed by atoms with Crippen LogP contribution in [0.2, 0.25) is 0 Å². The first-order chi connectivity index (χ1) is 19.8. The van der Waals surface area contributed by atoms with E-state index >= 15 is 0 Å². The van der Waals surface area contributed by atoms with Crippen molar-refractivity contribution in [2.45, 2.75) is 64.1 Å². The molecule has 0 aliphatic carbocycles. The molecule has 0 radical (unpaired) electrons. The number of carbonyl (C=O) groups excluding carboxylic acids is 2. The largest absolute Gasteiger partial charge is 0.497 e. The van der Waals surface area contributed by atoms with Gasteiger partial charge in [-0.05, 0) is 63.9 Å². The van der Waals surface area contributed by atoms with Crippen molar-refractivity contribution in [3.8, 4) is 11.5 Å². The molecule has 2 amide bonds. The number of nitrogens with zero attached hydrogens (tertiary/aromatic N) is 2. The van der Waals surface area contributed by atoms with E-state index in [1.165, 1.54) is 37.3 Å². The van der Waals surface area contributed by atoms with E-state index in [0.717, 1.165) is 15.4 Å². The van der Waals surface area contributed by atoms with Gasteiger partial charge in [-0.2, -0.15) is 0 Å². The third-order valence-corrected chi connectivity index (χ3v) is 8.36. The van der Waals surface area contributed by atoms with Crippen LogP contribution >= 0.6 is 0 Å². The van der Waals surface area contributed by atoms with Crippen molar-refractivity contribution in [2.24, 2.45) is 0 Å². The molecular weight excluding hydrogens is 554 g/mol. The van der Waals surface area contributed by atoms with Gasteiger partial charge in [0.25, 0.3) is 10.0 Å². The number of hydrogen-bond acceptors (Lipinski definition) is 6. The summed E-state index contributed by atoms with van der Waals surface area (Å²) in [6.07, 6.45) is 0.327. The van der Waals surface area contributed by atoms with E-state index in [4.69, 9.17) is 9.47 Å². The average molecular weight is 596 g/mol. The molecule has 0 saturated heterocycles. The molecule has 0 bridgehead atoms. The van der Waals surface area contributed by atoms with Crippen molar-refractivity contribution < 1.29 is 27.5 Å². The lowest BCUT2D eigenvalue weighted by molar-refractivity contribution is -0.141. The number of aryl methyl sites for hydroxylation is 1. The number of nitrogens with one attached hydrogen (secondary N) is 1. The number of ether oxygens (including phenoxy) is 2. The second-order valence-corrected chi connectivity index (χ2v) is 12.9. The molecule has 3 aromatic rings. The zero-order valence-electron chi connectivity index (χ0n) is 25.4. The van der Waals surface area contributed by atoms with Crippen molar-refractivity contribution in [1.29, 1.82) is 0 Å². The fraction of sp³-hybridized carbons (Fsp3) is 0.375. The van der Waals surface area contributed by atoms with E-state index in [-0.39, 0.29) is 28.8 Å². The van der Waals surface area contributed by atoms with Crippen LogP contribution in [0.3, 0.4) is 0 Å². The second kappa shape index (κ2) is 13.7. The molecule has 0 aliphatic rings. The van der Waals surface area contributed by atoms with Gasteiger partial charge < -0.3 is 19.7 Å². The van der Waals surface area contributed by atoms with Crippen molar-refractivity contribution in [3.05, 3.63) is 83.9 Å². The quantitative estimate of drug-likeness (QED) is 0.318. The van der Waals surface area contributed by atoms with E-state index in [9.17, 15) is 18.0 Å². The molecular formula is C32H41N3O6S. The van der Waals surface area contributed by atoms with Crippen LogP contribution in [0.5, 0.6) is 11.5 Å². The molecule has 1 N–H and O–H groups in total. The van der Waals surface area contributed by atoms with Crippen molar-refractivity contribution in [1.82, 2.24) is 10.2 Å². The minimum Gasteiger partial charge on any atom is -0.497 e. The highest BCUT2D eigenvalue weighted by molar-refractivity contribution is 7.92. The van der Waals surface area contributed by atoms with Gasteiger partial charge in [-0.1, -0.05) is 55.0 Å². The highest BCUT2D eigenvalue weighted by Gasteiger charge is 2.35.